The topological polar surface area (TPSA) is 63.8 Å². The zero-order valence-corrected chi connectivity index (χ0v) is 12.0. The fraction of sp³-hybridized carbons (Fsp3) is 0.200. The number of fused-ring (bicyclic) bond motifs is 1. The Bertz CT molecular complexity index is 689. The van der Waals surface area contributed by atoms with Gasteiger partial charge in [0.1, 0.15) is 0 Å². The molecule has 5 heteroatoms. The number of nitrogens with two attached hydrogens (primary N) is 1. The van der Waals surface area contributed by atoms with Crippen LogP contribution in [0.2, 0.25) is 0 Å². The smallest absolute Gasteiger partial charge is 0.0958 e. The number of aromatic nitrogens is 2. The van der Waals surface area contributed by atoms with Crippen molar-refractivity contribution in [1.29, 1.82) is 0 Å². The van der Waals surface area contributed by atoms with E-state index in [0.717, 1.165) is 28.3 Å². The molecular formula is C15H16N4S. The summed E-state index contributed by atoms with van der Waals surface area (Å²) in [7, 11) is 0. The maximum Gasteiger partial charge on any atom is 0.0958 e. The van der Waals surface area contributed by atoms with Crippen molar-refractivity contribution in [3.8, 4) is 0 Å². The van der Waals surface area contributed by atoms with Gasteiger partial charge in [-0.2, -0.15) is 0 Å². The predicted octanol–water partition coefficient (Wildman–Crippen LogP) is 2.75. The quantitative estimate of drug-likeness (QED) is 0.571. The molecule has 0 aliphatic rings. The highest BCUT2D eigenvalue weighted by Gasteiger charge is 2.14. The Morgan fingerprint density at radius 2 is 2.00 bits per heavy atom. The molecule has 2 heterocycles. The summed E-state index contributed by atoms with van der Waals surface area (Å²) in [5.74, 6) is 5.68. The van der Waals surface area contributed by atoms with E-state index in [0.29, 0.717) is 0 Å². The number of hydrogen-bond donors (Lipinski definition) is 2. The zero-order chi connectivity index (χ0) is 13.9. The number of pyridine rings is 1. The van der Waals surface area contributed by atoms with Crippen molar-refractivity contribution in [2.45, 2.75) is 19.4 Å². The number of rotatable bonds is 4. The van der Waals surface area contributed by atoms with E-state index in [1.54, 1.807) is 11.3 Å². The summed E-state index contributed by atoms with van der Waals surface area (Å²) in [4.78, 5) is 9.17. The summed E-state index contributed by atoms with van der Waals surface area (Å²) >= 11 is 1.71. The van der Waals surface area contributed by atoms with Crippen LogP contribution in [0.5, 0.6) is 0 Å². The summed E-state index contributed by atoms with van der Waals surface area (Å²) in [6.07, 6.45) is 0.742. The molecule has 0 spiro atoms. The second kappa shape index (κ2) is 5.66. The van der Waals surface area contributed by atoms with Crippen LogP contribution in [-0.4, -0.2) is 9.97 Å². The summed E-state index contributed by atoms with van der Waals surface area (Å²) in [5, 5.41) is 1.07. The number of nitrogens with zero attached hydrogens (tertiary/aromatic N) is 2. The summed E-state index contributed by atoms with van der Waals surface area (Å²) in [6, 6.07) is 14.1. The Labute approximate surface area is 121 Å². The molecule has 3 aromatic rings. The van der Waals surface area contributed by atoms with Gasteiger partial charge in [0, 0.05) is 12.1 Å². The van der Waals surface area contributed by atoms with E-state index >= 15 is 0 Å². The molecule has 4 nitrogen and oxygen atoms in total. The molecule has 0 saturated carbocycles. The van der Waals surface area contributed by atoms with Crippen LogP contribution in [0.25, 0.3) is 10.2 Å². The number of thiazole rings is 1. The first-order valence-electron chi connectivity index (χ1n) is 6.50. The first-order chi connectivity index (χ1) is 9.76. The van der Waals surface area contributed by atoms with Crippen LogP contribution in [-0.2, 0) is 6.42 Å². The highest BCUT2D eigenvalue weighted by Crippen LogP contribution is 2.25. The lowest BCUT2D eigenvalue weighted by atomic mass is 10.1. The van der Waals surface area contributed by atoms with E-state index in [4.69, 9.17) is 5.84 Å². The standard InChI is InChI=1S/C15H16N4S/c1-10-5-4-7-11(17-10)13(19-16)9-15-18-12-6-2-3-8-14(12)20-15/h2-8,13,19H,9,16H2,1H3. The molecule has 1 aromatic carbocycles. The van der Waals surface area contributed by atoms with Crippen molar-refractivity contribution < 1.29 is 0 Å². The minimum absolute atomic E-state index is 0.0181. The van der Waals surface area contributed by atoms with Crippen molar-refractivity contribution in [3.63, 3.8) is 0 Å². The van der Waals surface area contributed by atoms with Gasteiger partial charge in [-0.25, -0.2) is 4.98 Å². The van der Waals surface area contributed by atoms with Crippen LogP contribution in [0.4, 0.5) is 0 Å². The number of nitrogens with one attached hydrogen (secondary N) is 1. The molecule has 0 bridgehead atoms. The monoisotopic (exact) mass is 284 g/mol. The van der Waals surface area contributed by atoms with Crippen LogP contribution in [0, 0.1) is 6.92 Å². The van der Waals surface area contributed by atoms with E-state index in [1.165, 1.54) is 4.70 Å². The molecule has 0 radical (unpaired) electrons. The van der Waals surface area contributed by atoms with E-state index in [2.05, 4.69) is 21.5 Å². The Hall–Kier alpha value is -1.82. The molecular weight excluding hydrogens is 268 g/mol. The summed E-state index contributed by atoms with van der Waals surface area (Å²) < 4.78 is 1.20. The Balaban J connectivity index is 1.87. The van der Waals surface area contributed by atoms with Gasteiger partial charge < -0.3 is 0 Å². The second-order valence-corrected chi connectivity index (χ2v) is 5.82. The molecule has 102 valence electrons. The summed E-state index contributed by atoms with van der Waals surface area (Å²) in [6.45, 7) is 1.98. The van der Waals surface area contributed by atoms with E-state index in [-0.39, 0.29) is 6.04 Å². The van der Waals surface area contributed by atoms with Gasteiger partial charge in [-0.1, -0.05) is 18.2 Å². The number of aryl methyl sites for hydroxylation is 1. The van der Waals surface area contributed by atoms with Gasteiger partial charge in [0.25, 0.3) is 0 Å². The number of para-hydroxylation sites is 1. The largest absolute Gasteiger partial charge is 0.271 e. The van der Waals surface area contributed by atoms with E-state index in [1.807, 2.05) is 43.3 Å². The van der Waals surface area contributed by atoms with Crippen LogP contribution >= 0.6 is 11.3 Å². The lowest BCUT2D eigenvalue weighted by molar-refractivity contribution is 0.536. The second-order valence-electron chi connectivity index (χ2n) is 4.70. The van der Waals surface area contributed by atoms with Crippen molar-refractivity contribution in [3.05, 3.63) is 58.9 Å². The van der Waals surface area contributed by atoms with Gasteiger partial charge in [0.2, 0.25) is 0 Å². The maximum absolute atomic E-state index is 5.68. The highest BCUT2D eigenvalue weighted by atomic mass is 32.1. The van der Waals surface area contributed by atoms with Crippen molar-refractivity contribution >= 4 is 21.6 Å². The van der Waals surface area contributed by atoms with Crippen LogP contribution in [0.15, 0.2) is 42.5 Å². The number of hydrazine groups is 1. The first kappa shape index (κ1) is 13.2. The molecule has 1 atom stereocenters. The highest BCUT2D eigenvalue weighted by molar-refractivity contribution is 7.18. The minimum atomic E-state index is -0.0181. The molecule has 0 amide bonds. The number of hydrogen-bond acceptors (Lipinski definition) is 5. The summed E-state index contributed by atoms with van der Waals surface area (Å²) in [5.41, 5.74) is 5.83. The normalized spacial score (nSPS) is 12.7. The first-order valence-corrected chi connectivity index (χ1v) is 7.32. The average Bonchev–Trinajstić information content (AvgIpc) is 2.87. The molecule has 0 aliphatic carbocycles. The molecule has 0 fully saturated rings. The van der Waals surface area contributed by atoms with Crippen molar-refractivity contribution in [2.24, 2.45) is 5.84 Å². The van der Waals surface area contributed by atoms with Crippen LogP contribution < -0.4 is 11.3 Å². The zero-order valence-electron chi connectivity index (χ0n) is 11.2. The lowest BCUT2D eigenvalue weighted by Gasteiger charge is -2.14. The maximum atomic E-state index is 5.68. The van der Waals surface area contributed by atoms with Crippen LogP contribution in [0.3, 0.4) is 0 Å². The average molecular weight is 284 g/mol. The molecule has 3 N–H and O–H groups in total. The van der Waals surface area contributed by atoms with Crippen LogP contribution in [0.1, 0.15) is 22.4 Å². The predicted molar refractivity (Wildman–Crippen MR) is 82.4 cm³/mol. The third-order valence-electron chi connectivity index (χ3n) is 3.18. The molecule has 20 heavy (non-hydrogen) atoms. The van der Waals surface area contributed by atoms with Gasteiger partial charge >= 0.3 is 0 Å². The third-order valence-corrected chi connectivity index (χ3v) is 4.24. The molecule has 0 saturated heterocycles. The third kappa shape index (κ3) is 2.70. The van der Waals surface area contributed by atoms with E-state index in [9.17, 15) is 0 Å². The Morgan fingerprint density at radius 3 is 2.75 bits per heavy atom. The minimum Gasteiger partial charge on any atom is -0.271 e. The van der Waals surface area contributed by atoms with Gasteiger partial charge in [-0.05, 0) is 31.2 Å². The molecule has 0 aliphatic heterocycles. The van der Waals surface area contributed by atoms with Gasteiger partial charge in [-0.3, -0.25) is 16.3 Å². The van der Waals surface area contributed by atoms with Gasteiger partial charge in [-0.15, -0.1) is 11.3 Å². The SMILES string of the molecule is Cc1cccc(C(Cc2nc3ccccc3s2)NN)n1. The Kier molecular flexibility index (Phi) is 3.73. The van der Waals surface area contributed by atoms with Gasteiger partial charge in [0.15, 0.2) is 0 Å². The van der Waals surface area contributed by atoms with E-state index < -0.39 is 0 Å². The lowest BCUT2D eigenvalue weighted by Crippen LogP contribution is -2.30. The van der Waals surface area contributed by atoms with Crippen molar-refractivity contribution in [1.82, 2.24) is 15.4 Å². The molecule has 1 unspecified atom stereocenters. The van der Waals surface area contributed by atoms with Crippen molar-refractivity contribution in [2.75, 3.05) is 0 Å². The van der Waals surface area contributed by atoms with Gasteiger partial charge in [0.05, 0.1) is 27.0 Å². The molecule has 2 aromatic heterocycles. The fourth-order valence-electron chi connectivity index (χ4n) is 2.19. The molecule has 3 rings (SSSR count). The Morgan fingerprint density at radius 1 is 1.15 bits per heavy atom. The number of benzene rings is 1. The fourth-order valence-corrected chi connectivity index (χ4v) is 3.20.